The zero-order chi connectivity index (χ0) is 20.0. The highest BCUT2D eigenvalue weighted by Crippen LogP contribution is 2.18. The lowest BCUT2D eigenvalue weighted by atomic mass is 10.0. The molecule has 1 amide bonds. The number of sulfonamides is 1. The molecule has 1 N–H and O–H groups in total. The molecule has 7 nitrogen and oxygen atoms in total. The van der Waals surface area contributed by atoms with Crippen LogP contribution in [-0.2, 0) is 14.8 Å². The molecule has 0 radical (unpaired) electrons. The normalized spacial score (nSPS) is 22.1. The molecule has 1 aromatic rings. The van der Waals surface area contributed by atoms with E-state index in [0.717, 1.165) is 32.0 Å². The van der Waals surface area contributed by atoms with Gasteiger partial charge in [0.05, 0.1) is 18.1 Å². The third-order valence-corrected chi connectivity index (χ3v) is 7.28. The summed E-state index contributed by atoms with van der Waals surface area (Å²) in [6, 6.07) is 6.28. The summed E-state index contributed by atoms with van der Waals surface area (Å²) in [7, 11) is -3.60. The molecule has 1 atom stereocenters. The summed E-state index contributed by atoms with van der Waals surface area (Å²) in [6.45, 7) is 7.60. The number of ether oxygens (including phenoxy) is 1. The molecule has 3 rings (SSSR count). The number of benzene rings is 1. The number of piperidine rings is 1. The summed E-state index contributed by atoms with van der Waals surface area (Å²) < 4.78 is 32.1. The van der Waals surface area contributed by atoms with Gasteiger partial charge in [-0.15, -0.1) is 0 Å². The first kappa shape index (κ1) is 21.2. The smallest absolute Gasteiger partial charge is 0.251 e. The summed E-state index contributed by atoms with van der Waals surface area (Å²) in [5.74, 6) is 0.519. The number of carbonyl (C=O) groups is 1. The van der Waals surface area contributed by atoms with Gasteiger partial charge in [-0.25, -0.2) is 8.42 Å². The molecule has 0 aliphatic carbocycles. The van der Waals surface area contributed by atoms with E-state index in [1.807, 2.05) is 0 Å². The molecule has 2 heterocycles. The van der Waals surface area contributed by atoms with Crippen molar-refractivity contribution in [1.29, 1.82) is 0 Å². The Bertz CT molecular complexity index is 762. The van der Waals surface area contributed by atoms with Crippen molar-refractivity contribution >= 4 is 15.9 Å². The van der Waals surface area contributed by atoms with E-state index in [9.17, 15) is 13.2 Å². The summed E-state index contributed by atoms with van der Waals surface area (Å²) in [5.41, 5.74) is 0.376. The molecule has 1 aromatic carbocycles. The number of rotatable bonds is 7. The Kier molecular flexibility index (Phi) is 7.45. The molecule has 2 saturated heterocycles. The molecular formula is C20H31N3O4S. The maximum atomic E-state index is 12.8. The van der Waals surface area contributed by atoms with Crippen LogP contribution in [-0.4, -0.2) is 76.0 Å². The van der Waals surface area contributed by atoms with Crippen LogP contribution in [0.2, 0.25) is 0 Å². The Morgan fingerprint density at radius 2 is 2.04 bits per heavy atom. The number of hydrogen-bond donors (Lipinski definition) is 1. The molecular weight excluding hydrogens is 378 g/mol. The van der Waals surface area contributed by atoms with Gasteiger partial charge >= 0.3 is 0 Å². The molecule has 2 fully saturated rings. The van der Waals surface area contributed by atoms with Gasteiger partial charge in [-0.2, -0.15) is 4.31 Å². The fourth-order valence-electron chi connectivity index (χ4n) is 3.83. The van der Waals surface area contributed by atoms with Gasteiger partial charge in [-0.05, 0) is 56.5 Å². The fraction of sp³-hybridized carbons (Fsp3) is 0.650. The van der Waals surface area contributed by atoms with E-state index >= 15 is 0 Å². The Labute approximate surface area is 168 Å². The lowest BCUT2D eigenvalue weighted by Gasteiger charge is -2.30. The van der Waals surface area contributed by atoms with E-state index in [-0.39, 0.29) is 10.8 Å². The second-order valence-electron chi connectivity index (χ2n) is 7.70. The van der Waals surface area contributed by atoms with E-state index in [1.165, 1.54) is 23.2 Å². The first-order valence-electron chi connectivity index (χ1n) is 10.2. The SMILES string of the molecule is C[C@H]1CCCN(CCCNC(=O)c2cccc(S(=O)(=O)N3CCOCC3)c2)C1. The van der Waals surface area contributed by atoms with E-state index in [4.69, 9.17) is 4.74 Å². The summed E-state index contributed by atoms with van der Waals surface area (Å²) in [5, 5.41) is 2.91. The van der Waals surface area contributed by atoms with Gasteiger partial charge < -0.3 is 15.0 Å². The lowest BCUT2D eigenvalue weighted by molar-refractivity contribution is 0.0730. The standard InChI is InChI=1S/C20H31N3O4S/c1-17-5-3-9-22(16-17)10-4-8-21-20(24)18-6-2-7-19(15-18)28(25,26)23-11-13-27-14-12-23/h2,6-7,15,17H,3-5,8-14,16H2,1H3,(H,21,24)/t17-/m0/s1. The van der Waals surface area contributed by atoms with Crippen LogP contribution in [0.1, 0.15) is 36.5 Å². The van der Waals surface area contributed by atoms with Gasteiger partial charge in [-0.1, -0.05) is 13.0 Å². The van der Waals surface area contributed by atoms with Crippen molar-refractivity contribution in [2.75, 3.05) is 52.5 Å². The quantitative estimate of drug-likeness (QED) is 0.692. The average molecular weight is 410 g/mol. The monoisotopic (exact) mass is 409 g/mol. The second-order valence-corrected chi connectivity index (χ2v) is 9.64. The minimum atomic E-state index is -3.60. The zero-order valence-corrected chi connectivity index (χ0v) is 17.4. The minimum Gasteiger partial charge on any atom is -0.379 e. The van der Waals surface area contributed by atoms with E-state index in [0.29, 0.717) is 38.4 Å². The number of hydrogen-bond acceptors (Lipinski definition) is 5. The third-order valence-electron chi connectivity index (χ3n) is 5.38. The second kappa shape index (κ2) is 9.82. The van der Waals surface area contributed by atoms with Crippen LogP contribution < -0.4 is 5.32 Å². The van der Waals surface area contributed by atoms with Crippen LogP contribution in [0.3, 0.4) is 0 Å². The first-order chi connectivity index (χ1) is 13.5. The molecule has 2 aliphatic rings. The number of amides is 1. The van der Waals surface area contributed by atoms with Crippen molar-refractivity contribution in [2.45, 2.75) is 31.1 Å². The van der Waals surface area contributed by atoms with Crippen molar-refractivity contribution in [3.05, 3.63) is 29.8 Å². The minimum absolute atomic E-state index is 0.157. The number of nitrogens with zero attached hydrogens (tertiary/aromatic N) is 2. The highest BCUT2D eigenvalue weighted by atomic mass is 32.2. The molecule has 156 valence electrons. The molecule has 0 saturated carbocycles. The number of morpholine rings is 1. The van der Waals surface area contributed by atoms with Crippen molar-refractivity contribution in [2.24, 2.45) is 5.92 Å². The van der Waals surface area contributed by atoms with E-state index in [2.05, 4.69) is 17.1 Å². The largest absolute Gasteiger partial charge is 0.379 e. The fourth-order valence-corrected chi connectivity index (χ4v) is 5.28. The summed E-state index contributed by atoms with van der Waals surface area (Å²) in [6.07, 6.45) is 3.44. The van der Waals surface area contributed by atoms with Gasteiger partial charge in [-0.3, -0.25) is 4.79 Å². The lowest BCUT2D eigenvalue weighted by Crippen LogP contribution is -2.40. The Balaban J connectivity index is 1.52. The predicted molar refractivity (Wildman–Crippen MR) is 108 cm³/mol. The summed E-state index contributed by atoms with van der Waals surface area (Å²) in [4.78, 5) is 15.1. The molecule has 0 aromatic heterocycles. The van der Waals surface area contributed by atoms with Crippen LogP contribution in [0.4, 0.5) is 0 Å². The van der Waals surface area contributed by atoms with Crippen molar-refractivity contribution in [3.8, 4) is 0 Å². The van der Waals surface area contributed by atoms with Gasteiger partial charge in [0.1, 0.15) is 0 Å². The molecule has 28 heavy (non-hydrogen) atoms. The van der Waals surface area contributed by atoms with Crippen molar-refractivity contribution < 1.29 is 17.9 Å². The van der Waals surface area contributed by atoms with E-state index < -0.39 is 10.0 Å². The maximum Gasteiger partial charge on any atom is 0.251 e. The van der Waals surface area contributed by atoms with Crippen LogP contribution in [0.5, 0.6) is 0 Å². The predicted octanol–water partition coefficient (Wildman–Crippen LogP) is 1.56. The number of nitrogens with one attached hydrogen (secondary N) is 1. The Morgan fingerprint density at radius 3 is 2.79 bits per heavy atom. The average Bonchev–Trinajstić information content (AvgIpc) is 2.72. The topological polar surface area (TPSA) is 79.0 Å². The molecule has 0 bridgehead atoms. The Morgan fingerprint density at radius 1 is 1.25 bits per heavy atom. The van der Waals surface area contributed by atoms with Crippen molar-refractivity contribution in [3.63, 3.8) is 0 Å². The third kappa shape index (κ3) is 5.53. The molecule has 2 aliphatic heterocycles. The van der Waals surface area contributed by atoms with Crippen LogP contribution in [0.25, 0.3) is 0 Å². The van der Waals surface area contributed by atoms with E-state index in [1.54, 1.807) is 18.2 Å². The molecule has 0 spiro atoms. The maximum absolute atomic E-state index is 12.8. The summed E-state index contributed by atoms with van der Waals surface area (Å²) >= 11 is 0. The van der Waals surface area contributed by atoms with Gasteiger partial charge in [0.25, 0.3) is 5.91 Å². The molecule has 8 heteroatoms. The number of carbonyl (C=O) groups excluding carboxylic acids is 1. The van der Waals surface area contributed by atoms with Gasteiger partial charge in [0.2, 0.25) is 10.0 Å². The van der Waals surface area contributed by atoms with Crippen LogP contribution in [0.15, 0.2) is 29.2 Å². The van der Waals surface area contributed by atoms with Crippen LogP contribution >= 0.6 is 0 Å². The highest BCUT2D eigenvalue weighted by Gasteiger charge is 2.26. The molecule has 0 unspecified atom stereocenters. The highest BCUT2D eigenvalue weighted by molar-refractivity contribution is 7.89. The van der Waals surface area contributed by atoms with Gasteiger partial charge in [0, 0.05) is 31.7 Å². The first-order valence-corrected chi connectivity index (χ1v) is 11.6. The van der Waals surface area contributed by atoms with Crippen LogP contribution in [0, 0.1) is 5.92 Å². The number of likely N-dealkylation sites (tertiary alicyclic amines) is 1. The Hall–Kier alpha value is -1.48. The zero-order valence-electron chi connectivity index (χ0n) is 16.6. The van der Waals surface area contributed by atoms with Crippen molar-refractivity contribution in [1.82, 2.24) is 14.5 Å². The van der Waals surface area contributed by atoms with Gasteiger partial charge in [0.15, 0.2) is 0 Å².